The van der Waals surface area contributed by atoms with E-state index in [0.717, 1.165) is 11.8 Å². The van der Waals surface area contributed by atoms with E-state index >= 15 is 0 Å². The van der Waals surface area contributed by atoms with Crippen LogP contribution in [0.2, 0.25) is 0 Å². The van der Waals surface area contributed by atoms with Crippen molar-refractivity contribution >= 4 is 29.6 Å². The molecule has 0 aromatic heterocycles. The number of aryl methyl sites for hydroxylation is 1. The van der Waals surface area contributed by atoms with Crippen molar-refractivity contribution in [1.82, 2.24) is 0 Å². The van der Waals surface area contributed by atoms with E-state index in [-0.39, 0.29) is 0 Å². The molecule has 124 valence electrons. The average molecular weight is 327 g/mol. The number of hydrogen-bond acceptors (Lipinski definition) is 5. The second-order valence-electron chi connectivity index (χ2n) is 4.82. The molecule has 0 aliphatic carbocycles. The van der Waals surface area contributed by atoms with Gasteiger partial charge in [-0.15, -0.1) is 0 Å². The zero-order valence-electron chi connectivity index (χ0n) is 13.3. The van der Waals surface area contributed by atoms with E-state index in [2.05, 4.69) is 20.6 Å². The molecule has 2 aromatic carbocycles. The second-order valence-corrected chi connectivity index (χ2v) is 4.82. The fourth-order valence-electron chi connectivity index (χ4n) is 1.75. The average Bonchev–Trinajstić information content (AvgIpc) is 2.57. The number of ether oxygens (including phenoxy) is 1. The van der Waals surface area contributed by atoms with Gasteiger partial charge in [-0.05, 0) is 43.3 Å². The maximum absolute atomic E-state index is 11.6. The molecule has 0 spiro atoms. The van der Waals surface area contributed by atoms with Crippen LogP contribution in [-0.2, 0) is 9.63 Å². The number of hydrogen-bond donors (Lipinski definition) is 2. The van der Waals surface area contributed by atoms with Gasteiger partial charge in [0.25, 0.3) is 5.91 Å². The number of methoxy groups -OCH3 is 1. The van der Waals surface area contributed by atoms with Crippen LogP contribution >= 0.6 is 0 Å². The summed E-state index contributed by atoms with van der Waals surface area (Å²) in [6.45, 7) is 1.94. The Morgan fingerprint density at radius 1 is 0.958 bits per heavy atom. The second kappa shape index (κ2) is 8.33. The number of anilines is 2. The predicted octanol–water partition coefficient (Wildman–Crippen LogP) is 3.18. The molecule has 0 radical (unpaired) electrons. The topological polar surface area (TPSA) is 89.0 Å². The quantitative estimate of drug-likeness (QED) is 0.501. The van der Waals surface area contributed by atoms with Crippen LogP contribution < -0.4 is 15.4 Å². The molecule has 2 N–H and O–H groups in total. The summed E-state index contributed by atoms with van der Waals surface area (Å²) >= 11 is 0. The molecule has 0 atom stereocenters. The molecule has 0 unspecified atom stereocenters. The predicted molar refractivity (Wildman–Crippen MR) is 91.4 cm³/mol. The Balaban J connectivity index is 1.78. The Labute approximate surface area is 139 Å². The third-order valence-electron chi connectivity index (χ3n) is 2.96. The highest BCUT2D eigenvalue weighted by atomic mass is 16.7. The lowest BCUT2D eigenvalue weighted by Gasteiger charge is -2.04. The van der Waals surface area contributed by atoms with Gasteiger partial charge in [0.2, 0.25) is 0 Å². The van der Waals surface area contributed by atoms with Gasteiger partial charge in [-0.25, -0.2) is 4.79 Å². The molecule has 0 saturated heterocycles. The van der Waals surface area contributed by atoms with Gasteiger partial charge in [-0.1, -0.05) is 22.9 Å². The van der Waals surface area contributed by atoms with Crippen molar-refractivity contribution in [2.75, 3.05) is 17.7 Å². The lowest BCUT2D eigenvalue weighted by molar-refractivity contribution is -0.110. The maximum Gasteiger partial charge on any atom is 0.437 e. The molecular weight excluding hydrogens is 310 g/mol. The van der Waals surface area contributed by atoms with E-state index in [1.807, 2.05) is 19.1 Å². The molecule has 0 bridgehead atoms. The van der Waals surface area contributed by atoms with Gasteiger partial charge in [0.1, 0.15) is 12.0 Å². The monoisotopic (exact) mass is 327 g/mol. The van der Waals surface area contributed by atoms with Gasteiger partial charge < -0.3 is 10.1 Å². The Bertz CT molecular complexity index is 725. The van der Waals surface area contributed by atoms with E-state index < -0.39 is 12.0 Å². The molecule has 2 aromatic rings. The van der Waals surface area contributed by atoms with E-state index in [4.69, 9.17) is 4.74 Å². The fourth-order valence-corrected chi connectivity index (χ4v) is 1.75. The zero-order chi connectivity index (χ0) is 17.4. The summed E-state index contributed by atoms with van der Waals surface area (Å²) < 4.78 is 5.02. The summed E-state index contributed by atoms with van der Waals surface area (Å²) in [5.74, 6) is 0.154. The number of rotatable bonds is 5. The van der Waals surface area contributed by atoms with E-state index in [0.29, 0.717) is 17.1 Å². The van der Waals surface area contributed by atoms with Crippen LogP contribution in [-0.4, -0.2) is 25.3 Å². The van der Waals surface area contributed by atoms with Gasteiger partial charge in [0.05, 0.1) is 7.11 Å². The highest BCUT2D eigenvalue weighted by molar-refractivity contribution is 6.31. The van der Waals surface area contributed by atoms with Crippen molar-refractivity contribution in [3.8, 4) is 5.75 Å². The summed E-state index contributed by atoms with van der Waals surface area (Å²) in [6, 6.07) is 13.9. The van der Waals surface area contributed by atoms with E-state index in [1.54, 1.807) is 43.5 Å². The molecule has 2 rings (SSSR count). The smallest absolute Gasteiger partial charge is 0.437 e. The Morgan fingerprint density at radius 3 is 2.17 bits per heavy atom. The number of oxime groups is 1. The number of nitrogens with one attached hydrogen (secondary N) is 2. The molecule has 0 aliphatic heterocycles. The number of benzene rings is 2. The molecule has 2 amide bonds. The highest BCUT2D eigenvalue weighted by Crippen LogP contribution is 2.14. The first kappa shape index (κ1) is 17.0. The Hall–Kier alpha value is -3.35. The van der Waals surface area contributed by atoms with Gasteiger partial charge in [-0.3, -0.25) is 14.9 Å². The molecule has 7 heteroatoms. The molecule has 0 saturated carbocycles. The minimum absolute atomic E-state index is 0.525. The Kier molecular flexibility index (Phi) is 5.90. The number of nitrogens with zero attached hydrogens (tertiary/aromatic N) is 1. The fraction of sp³-hybridized carbons (Fsp3) is 0.118. The van der Waals surface area contributed by atoms with E-state index in [1.165, 1.54) is 0 Å². The molecule has 24 heavy (non-hydrogen) atoms. The maximum atomic E-state index is 11.6. The highest BCUT2D eigenvalue weighted by Gasteiger charge is 2.03. The van der Waals surface area contributed by atoms with Crippen LogP contribution in [0.1, 0.15) is 5.56 Å². The number of amides is 2. The minimum atomic E-state index is -0.785. The SMILES string of the molecule is COc1ccc(NC(=O)/C=N\OC(=O)Nc2ccc(C)cc2)cc1. The van der Waals surface area contributed by atoms with Crippen LogP contribution in [0.15, 0.2) is 53.7 Å². The van der Waals surface area contributed by atoms with Gasteiger partial charge in [0, 0.05) is 11.4 Å². The molecule has 7 nitrogen and oxygen atoms in total. The van der Waals surface area contributed by atoms with Crippen LogP contribution in [0.3, 0.4) is 0 Å². The van der Waals surface area contributed by atoms with Crippen LogP contribution in [0, 0.1) is 6.92 Å². The van der Waals surface area contributed by atoms with Gasteiger partial charge >= 0.3 is 6.09 Å². The molecule has 0 fully saturated rings. The first-order valence-corrected chi connectivity index (χ1v) is 7.10. The lowest BCUT2D eigenvalue weighted by atomic mass is 10.2. The summed E-state index contributed by atoms with van der Waals surface area (Å²) in [4.78, 5) is 27.7. The zero-order valence-corrected chi connectivity index (χ0v) is 13.3. The molecule has 0 aliphatic rings. The van der Waals surface area contributed by atoms with Gasteiger partial charge in [0.15, 0.2) is 0 Å². The van der Waals surface area contributed by atoms with Crippen LogP contribution in [0.4, 0.5) is 16.2 Å². The minimum Gasteiger partial charge on any atom is -0.497 e. The standard InChI is InChI=1S/C17H17N3O4/c1-12-3-5-14(6-4-12)20-17(22)24-18-11-16(21)19-13-7-9-15(23-2)10-8-13/h3-11H,1-2H3,(H,19,21)(H,20,22)/b18-11-. The Morgan fingerprint density at radius 2 is 1.54 bits per heavy atom. The lowest BCUT2D eigenvalue weighted by Crippen LogP contribution is -2.15. The summed E-state index contributed by atoms with van der Waals surface area (Å²) in [6.07, 6.45) is 0.0891. The van der Waals surface area contributed by atoms with Crippen molar-refractivity contribution in [1.29, 1.82) is 0 Å². The van der Waals surface area contributed by atoms with Gasteiger partial charge in [-0.2, -0.15) is 0 Å². The third-order valence-corrected chi connectivity index (χ3v) is 2.96. The summed E-state index contributed by atoms with van der Waals surface area (Å²) in [5.41, 5.74) is 2.21. The van der Waals surface area contributed by atoms with Crippen LogP contribution in [0.5, 0.6) is 5.75 Å². The molecule has 0 heterocycles. The van der Waals surface area contributed by atoms with Crippen molar-refractivity contribution in [2.24, 2.45) is 5.16 Å². The van der Waals surface area contributed by atoms with Crippen molar-refractivity contribution in [3.05, 3.63) is 54.1 Å². The first-order valence-electron chi connectivity index (χ1n) is 7.10. The van der Waals surface area contributed by atoms with Crippen molar-refractivity contribution < 1.29 is 19.2 Å². The third kappa shape index (κ3) is 5.45. The summed E-state index contributed by atoms with van der Waals surface area (Å²) in [5, 5.41) is 8.39. The van der Waals surface area contributed by atoms with Crippen LogP contribution in [0.25, 0.3) is 0 Å². The largest absolute Gasteiger partial charge is 0.497 e. The van der Waals surface area contributed by atoms with Crippen molar-refractivity contribution in [2.45, 2.75) is 6.92 Å². The first-order chi connectivity index (χ1) is 11.6. The van der Waals surface area contributed by atoms with Crippen molar-refractivity contribution in [3.63, 3.8) is 0 Å². The van der Waals surface area contributed by atoms with E-state index in [9.17, 15) is 9.59 Å². The number of carbonyl (C=O) groups is 2. The normalized spacial score (nSPS) is 10.2. The molecular formula is C17H17N3O4. The number of carbonyl (C=O) groups excluding carboxylic acids is 2. The summed E-state index contributed by atoms with van der Waals surface area (Å²) in [7, 11) is 1.55.